The standard InChI is InChI=1S/C22H14BrClN2O5/c1-30-22(29)16-10-12(2-8-18(16)24)19-9-7-15(31-19)11-17-20(27)25-26(21(17)28)14-5-3-13(23)4-6-14/h2-11H,1H3,(H,25,27)/b17-11-. The van der Waals surface area contributed by atoms with Gasteiger partial charge in [0.15, 0.2) is 0 Å². The first kappa shape index (κ1) is 20.9. The largest absolute Gasteiger partial charge is 0.465 e. The van der Waals surface area contributed by atoms with Crippen LogP contribution in [0, 0.1) is 0 Å². The van der Waals surface area contributed by atoms with E-state index in [1.165, 1.54) is 18.2 Å². The third-order valence-corrected chi connectivity index (χ3v) is 5.40. The third kappa shape index (κ3) is 4.12. The van der Waals surface area contributed by atoms with Crippen LogP contribution in [0.3, 0.4) is 0 Å². The zero-order valence-corrected chi connectivity index (χ0v) is 18.4. The number of methoxy groups -OCH3 is 1. The van der Waals surface area contributed by atoms with Crippen LogP contribution >= 0.6 is 27.5 Å². The van der Waals surface area contributed by atoms with Gasteiger partial charge in [0, 0.05) is 10.0 Å². The average Bonchev–Trinajstić information content (AvgIpc) is 3.34. The van der Waals surface area contributed by atoms with Gasteiger partial charge in [0.05, 0.1) is 23.4 Å². The molecule has 0 unspecified atom stereocenters. The van der Waals surface area contributed by atoms with E-state index in [2.05, 4.69) is 21.4 Å². The second-order valence-electron chi connectivity index (χ2n) is 6.50. The first-order valence-electron chi connectivity index (χ1n) is 8.98. The van der Waals surface area contributed by atoms with Crippen molar-refractivity contribution in [2.45, 2.75) is 0 Å². The Hall–Kier alpha value is -3.36. The number of benzene rings is 2. The molecule has 1 N–H and O–H groups in total. The predicted molar refractivity (Wildman–Crippen MR) is 118 cm³/mol. The van der Waals surface area contributed by atoms with Gasteiger partial charge in [0.25, 0.3) is 11.8 Å². The molecular formula is C22H14BrClN2O5. The SMILES string of the molecule is COC(=O)c1cc(-c2ccc(/C=C3/C(=O)NN(c4ccc(Br)cc4)C3=O)o2)ccc1Cl. The number of ether oxygens (including phenoxy) is 1. The highest BCUT2D eigenvalue weighted by Crippen LogP contribution is 2.29. The number of carbonyl (C=O) groups excluding carboxylic acids is 3. The highest BCUT2D eigenvalue weighted by molar-refractivity contribution is 9.10. The highest BCUT2D eigenvalue weighted by atomic mass is 79.9. The van der Waals surface area contributed by atoms with Crippen LogP contribution < -0.4 is 10.4 Å². The van der Waals surface area contributed by atoms with Crippen LogP contribution in [0.1, 0.15) is 16.1 Å². The molecular weight excluding hydrogens is 488 g/mol. The molecule has 0 saturated carbocycles. The van der Waals surface area contributed by atoms with Crippen LogP contribution in [-0.4, -0.2) is 24.9 Å². The van der Waals surface area contributed by atoms with Gasteiger partial charge in [-0.3, -0.25) is 15.0 Å². The van der Waals surface area contributed by atoms with Gasteiger partial charge in [-0.25, -0.2) is 9.80 Å². The van der Waals surface area contributed by atoms with Crippen LogP contribution in [0.2, 0.25) is 5.02 Å². The van der Waals surface area contributed by atoms with Gasteiger partial charge in [-0.05, 0) is 60.7 Å². The van der Waals surface area contributed by atoms with Gasteiger partial charge < -0.3 is 9.15 Å². The van der Waals surface area contributed by atoms with E-state index in [0.29, 0.717) is 22.8 Å². The Morgan fingerprint density at radius 1 is 1.13 bits per heavy atom. The maximum Gasteiger partial charge on any atom is 0.339 e. The molecule has 1 aliphatic heterocycles. The lowest BCUT2D eigenvalue weighted by Gasteiger charge is -2.14. The Bertz CT molecular complexity index is 1230. The molecule has 2 heterocycles. The summed E-state index contributed by atoms with van der Waals surface area (Å²) >= 11 is 9.38. The van der Waals surface area contributed by atoms with Gasteiger partial charge in [-0.1, -0.05) is 27.5 Å². The number of rotatable bonds is 4. The fourth-order valence-electron chi connectivity index (χ4n) is 3.00. The quantitative estimate of drug-likeness (QED) is 0.320. The Morgan fingerprint density at radius 3 is 2.58 bits per heavy atom. The van der Waals surface area contributed by atoms with Crippen LogP contribution in [0.25, 0.3) is 17.4 Å². The average molecular weight is 502 g/mol. The first-order valence-corrected chi connectivity index (χ1v) is 10.2. The fraction of sp³-hybridized carbons (Fsp3) is 0.0455. The number of amides is 2. The molecule has 4 rings (SSSR count). The van der Waals surface area contributed by atoms with Gasteiger partial charge in [-0.2, -0.15) is 0 Å². The number of hydrogen-bond acceptors (Lipinski definition) is 5. The lowest BCUT2D eigenvalue weighted by molar-refractivity contribution is -0.117. The van der Waals surface area contributed by atoms with Gasteiger partial charge in [0.2, 0.25) is 0 Å². The lowest BCUT2D eigenvalue weighted by Crippen LogP contribution is -2.35. The Balaban J connectivity index is 1.61. The van der Waals surface area contributed by atoms with Crippen LogP contribution in [0.4, 0.5) is 5.69 Å². The molecule has 156 valence electrons. The van der Waals surface area contributed by atoms with E-state index in [-0.39, 0.29) is 16.2 Å². The minimum atomic E-state index is -0.568. The predicted octanol–water partition coefficient (Wildman–Crippen LogP) is 4.61. The Kier molecular flexibility index (Phi) is 5.67. The summed E-state index contributed by atoms with van der Waals surface area (Å²) in [4.78, 5) is 36.9. The molecule has 31 heavy (non-hydrogen) atoms. The number of esters is 1. The maximum atomic E-state index is 12.7. The molecule has 7 nitrogen and oxygen atoms in total. The number of nitrogens with zero attached hydrogens (tertiary/aromatic N) is 1. The number of furan rings is 1. The van der Waals surface area contributed by atoms with E-state index in [9.17, 15) is 14.4 Å². The molecule has 0 spiro atoms. The zero-order chi connectivity index (χ0) is 22.1. The first-order chi connectivity index (χ1) is 14.9. The van der Waals surface area contributed by atoms with E-state index in [4.69, 9.17) is 20.8 Å². The summed E-state index contributed by atoms with van der Waals surface area (Å²) in [5.74, 6) is -0.859. The Morgan fingerprint density at radius 2 is 1.87 bits per heavy atom. The van der Waals surface area contributed by atoms with Gasteiger partial charge in [0.1, 0.15) is 17.1 Å². The fourth-order valence-corrected chi connectivity index (χ4v) is 3.46. The summed E-state index contributed by atoms with van der Waals surface area (Å²) in [7, 11) is 1.27. The van der Waals surface area contributed by atoms with Crippen molar-refractivity contribution in [3.05, 3.63) is 81.0 Å². The minimum Gasteiger partial charge on any atom is -0.465 e. The van der Waals surface area contributed by atoms with Crippen molar-refractivity contribution < 1.29 is 23.5 Å². The maximum absolute atomic E-state index is 12.7. The molecule has 0 radical (unpaired) electrons. The summed E-state index contributed by atoms with van der Waals surface area (Å²) in [5.41, 5.74) is 3.80. The molecule has 3 aromatic rings. The monoisotopic (exact) mass is 500 g/mol. The van der Waals surface area contributed by atoms with Crippen molar-refractivity contribution in [3.8, 4) is 11.3 Å². The molecule has 1 fully saturated rings. The molecule has 1 aromatic heterocycles. The summed E-state index contributed by atoms with van der Waals surface area (Å²) in [5, 5.41) is 1.43. The van der Waals surface area contributed by atoms with E-state index >= 15 is 0 Å². The molecule has 0 aliphatic carbocycles. The topological polar surface area (TPSA) is 88.9 Å². The molecule has 0 atom stereocenters. The van der Waals surface area contributed by atoms with E-state index in [1.807, 2.05) is 0 Å². The van der Waals surface area contributed by atoms with Crippen LogP contribution in [0.5, 0.6) is 0 Å². The molecule has 9 heteroatoms. The summed E-state index contributed by atoms with van der Waals surface area (Å²) in [6, 6.07) is 15.0. The minimum absolute atomic E-state index is 0.0600. The summed E-state index contributed by atoms with van der Waals surface area (Å²) < 4.78 is 11.3. The normalized spacial score (nSPS) is 14.8. The number of hydrazine groups is 1. The van der Waals surface area contributed by atoms with Crippen molar-refractivity contribution in [1.29, 1.82) is 0 Å². The van der Waals surface area contributed by atoms with Gasteiger partial charge >= 0.3 is 5.97 Å². The number of anilines is 1. The van der Waals surface area contributed by atoms with E-state index < -0.39 is 17.8 Å². The molecule has 0 bridgehead atoms. The Labute approximate surface area is 190 Å². The lowest BCUT2D eigenvalue weighted by atomic mass is 10.1. The van der Waals surface area contributed by atoms with Crippen molar-refractivity contribution in [2.75, 3.05) is 12.1 Å². The second-order valence-corrected chi connectivity index (χ2v) is 7.83. The van der Waals surface area contributed by atoms with Crippen molar-refractivity contribution >= 4 is 57.1 Å². The van der Waals surface area contributed by atoms with Crippen molar-refractivity contribution in [3.63, 3.8) is 0 Å². The van der Waals surface area contributed by atoms with Crippen LogP contribution in [0.15, 0.2) is 69.1 Å². The van der Waals surface area contributed by atoms with Crippen molar-refractivity contribution in [1.82, 2.24) is 5.43 Å². The zero-order valence-electron chi connectivity index (χ0n) is 16.0. The molecule has 1 aliphatic rings. The number of nitrogens with one attached hydrogen (secondary N) is 1. The third-order valence-electron chi connectivity index (χ3n) is 4.55. The molecule has 2 aromatic carbocycles. The highest BCUT2D eigenvalue weighted by Gasteiger charge is 2.34. The van der Waals surface area contributed by atoms with E-state index in [1.54, 1.807) is 54.6 Å². The van der Waals surface area contributed by atoms with Crippen LogP contribution in [-0.2, 0) is 14.3 Å². The number of carbonyl (C=O) groups is 3. The van der Waals surface area contributed by atoms with Crippen molar-refractivity contribution in [2.24, 2.45) is 0 Å². The molecule has 1 saturated heterocycles. The number of halogens is 2. The number of hydrogen-bond donors (Lipinski definition) is 1. The smallest absolute Gasteiger partial charge is 0.339 e. The van der Waals surface area contributed by atoms with Gasteiger partial charge in [-0.15, -0.1) is 0 Å². The summed E-state index contributed by atoms with van der Waals surface area (Å²) in [6.07, 6.45) is 1.37. The molecule has 2 amide bonds. The summed E-state index contributed by atoms with van der Waals surface area (Å²) in [6.45, 7) is 0. The van der Waals surface area contributed by atoms with E-state index in [0.717, 1.165) is 4.47 Å². The second kappa shape index (κ2) is 8.41.